The molecule has 2 heterocycles. The zero-order valence-corrected chi connectivity index (χ0v) is 15.1. The van der Waals surface area contributed by atoms with Gasteiger partial charge < -0.3 is 4.42 Å². The van der Waals surface area contributed by atoms with Gasteiger partial charge in [0, 0.05) is 5.56 Å². The van der Waals surface area contributed by atoms with Crippen LogP contribution < -0.4 is 0 Å². The summed E-state index contributed by atoms with van der Waals surface area (Å²) in [7, 11) is 0. The maximum Gasteiger partial charge on any atom is 0.210 e. The summed E-state index contributed by atoms with van der Waals surface area (Å²) in [6, 6.07) is 9.84. The largest absolute Gasteiger partial charge is 0.467 e. The number of hydrogen-bond donors (Lipinski definition) is 0. The quantitative estimate of drug-likeness (QED) is 0.455. The average molecular weight is 356 g/mol. The van der Waals surface area contributed by atoms with Gasteiger partial charge in [0.2, 0.25) is 5.16 Å². The number of tetrazole rings is 1. The molecule has 0 N–H and O–H groups in total. The molecule has 0 bridgehead atoms. The smallest absolute Gasteiger partial charge is 0.210 e. The normalized spacial score (nSPS) is 11.0. The van der Waals surface area contributed by atoms with Crippen LogP contribution in [0.5, 0.6) is 0 Å². The molecule has 6 nitrogen and oxygen atoms in total. The lowest BCUT2D eigenvalue weighted by molar-refractivity contribution is 0.102. The summed E-state index contributed by atoms with van der Waals surface area (Å²) in [6.07, 6.45) is 3.37. The Morgan fingerprint density at radius 1 is 1.24 bits per heavy atom. The summed E-state index contributed by atoms with van der Waals surface area (Å²) < 4.78 is 6.96. The molecule has 7 heteroatoms. The van der Waals surface area contributed by atoms with E-state index in [2.05, 4.69) is 41.5 Å². The standard InChI is InChI=1S/C18H20N4O2S/c1-3-13-7-8-14(4-2)16(10-13)17(23)12-25-18-19-20-21-22(18)11-15-6-5-9-24-15/h5-10H,3-4,11-12H2,1-2H3. The molecule has 0 spiro atoms. The van der Waals surface area contributed by atoms with Crippen LogP contribution in [0.2, 0.25) is 0 Å². The maximum atomic E-state index is 12.7. The van der Waals surface area contributed by atoms with Crippen LogP contribution in [0.25, 0.3) is 0 Å². The monoisotopic (exact) mass is 356 g/mol. The molecule has 0 unspecified atom stereocenters. The molecular formula is C18H20N4O2S. The number of furan rings is 1. The van der Waals surface area contributed by atoms with Gasteiger partial charge in [-0.25, -0.2) is 4.68 Å². The van der Waals surface area contributed by atoms with Crippen molar-refractivity contribution in [3.05, 3.63) is 59.0 Å². The average Bonchev–Trinajstić information content (AvgIpc) is 3.31. The van der Waals surface area contributed by atoms with Gasteiger partial charge in [-0.15, -0.1) is 5.10 Å². The highest BCUT2D eigenvalue weighted by Gasteiger charge is 2.15. The number of carbonyl (C=O) groups excluding carboxylic acids is 1. The van der Waals surface area contributed by atoms with Crippen LogP contribution in [0.3, 0.4) is 0 Å². The number of aromatic nitrogens is 4. The zero-order valence-electron chi connectivity index (χ0n) is 14.3. The second kappa shape index (κ2) is 8.11. The van der Waals surface area contributed by atoms with Crippen molar-refractivity contribution in [2.75, 3.05) is 5.75 Å². The van der Waals surface area contributed by atoms with E-state index < -0.39 is 0 Å². The molecule has 0 saturated carbocycles. The van der Waals surface area contributed by atoms with E-state index in [1.54, 1.807) is 10.9 Å². The molecule has 130 valence electrons. The molecule has 2 aromatic heterocycles. The number of carbonyl (C=O) groups is 1. The topological polar surface area (TPSA) is 73.8 Å². The number of benzene rings is 1. The van der Waals surface area contributed by atoms with Crippen LogP contribution in [0.15, 0.2) is 46.2 Å². The lowest BCUT2D eigenvalue weighted by atomic mass is 9.98. The first-order chi connectivity index (χ1) is 12.2. The number of nitrogens with zero attached hydrogens (tertiary/aromatic N) is 4. The van der Waals surface area contributed by atoms with Crippen molar-refractivity contribution < 1.29 is 9.21 Å². The van der Waals surface area contributed by atoms with Gasteiger partial charge in [0.25, 0.3) is 0 Å². The van der Waals surface area contributed by atoms with Crippen molar-refractivity contribution in [2.24, 2.45) is 0 Å². The van der Waals surface area contributed by atoms with Gasteiger partial charge in [-0.3, -0.25) is 4.79 Å². The third-order valence-corrected chi connectivity index (χ3v) is 4.94. The summed E-state index contributed by atoms with van der Waals surface area (Å²) in [5.41, 5.74) is 3.06. The second-order valence-corrected chi connectivity index (χ2v) is 6.55. The number of aryl methyl sites for hydroxylation is 2. The Morgan fingerprint density at radius 2 is 2.12 bits per heavy atom. The van der Waals surface area contributed by atoms with E-state index >= 15 is 0 Å². The summed E-state index contributed by atoms with van der Waals surface area (Å²) in [5.74, 6) is 1.17. The van der Waals surface area contributed by atoms with E-state index in [-0.39, 0.29) is 5.78 Å². The molecule has 0 fully saturated rings. The van der Waals surface area contributed by atoms with E-state index in [1.165, 1.54) is 17.3 Å². The Balaban J connectivity index is 1.70. The fourth-order valence-electron chi connectivity index (χ4n) is 2.57. The molecule has 0 amide bonds. The first kappa shape index (κ1) is 17.4. The first-order valence-corrected chi connectivity index (χ1v) is 9.26. The van der Waals surface area contributed by atoms with E-state index in [9.17, 15) is 4.79 Å². The van der Waals surface area contributed by atoms with Crippen molar-refractivity contribution in [3.63, 3.8) is 0 Å². The molecule has 25 heavy (non-hydrogen) atoms. The summed E-state index contributed by atoms with van der Waals surface area (Å²) >= 11 is 1.35. The highest BCUT2D eigenvalue weighted by atomic mass is 32.2. The Labute approximate surface area is 150 Å². The van der Waals surface area contributed by atoms with E-state index in [0.29, 0.717) is 17.5 Å². The van der Waals surface area contributed by atoms with Gasteiger partial charge in [-0.05, 0) is 52.6 Å². The molecule has 0 radical (unpaired) electrons. The SMILES string of the molecule is CCc1ccc(CC)c(C(=O)CSc2nnnn2Cc2ccco2)c1. The molecule has 3 aromatic rings. The summed E-state index contributed by atoms with van der Waals surface area (Å²) in [4.78, 5) is 12.7. The predicted octanol–water partition coefficient (Wildman–Crippen LogP) is 3.41. The van der Waals surface area contributed by atoms with Crippen molar-refractivity contribution in [1.29, 1.82) is 0 Å². The van der Waals surface area contributed by atoms with E-state index in [4.69, 9.17) is 4.42 Å². The number of rotatable bonds is 8. The first-order valence-electron chi connectivity index (χ1n) is 8.27. The van der Waals surface area contributed by atoms with Gasteiger partial charge in [0.05, 0.1) is 12.0 Å². The minimum absolute atomic E-state index is 0.102. The Bertz CT molecular complexity index is 843. The molecule has 0 aliphatic rings. The fraction of sp³-hybridized carbons (Fsp3) is 0.333. The number of Topliss-reactive ketones (excluding diaryl/α,β-unsaturated/α-hetero) is 1. The Kier molecular flexibility index (Phi) is 5.65. The van der Waals surface area contributed by atoms with Gasteiger partial charge >= 0.3 is 0 Å². The summed E-state index contributed by atoms with van der Waals surface area (Å²) in [6.45, 7) is 4.60. The molecular weight excluding hydrogens is 336 g/mol. The highest BCUT2D eigenvalue weighted by molar-refractivity contribution is 7.99. The maximum absolute atomic E-state index is 12.7. The third-order valence-electron chi connectivity index (χ3n) is 3.98. The van der Waals surface area contributed by atoms with E-state index in [0.717, 1.165) is 29.7 Å². The van der Waals surface area contributed by atoms with Crippen LogP contribution in [-0.2, 0) is 19.4 Å². The van der Waals surface area contributed by atoms with Gasteiger partial charge in [-0.2, -0.15) is 0 Å². The Morgan fingerprint density at radius 3 is 2.84 bits per heavy atom. The van der Waals surface area contributed by atoms with Crippen molar-refractivity contribution in [3.8, 4) is 0 Å². The lowest BCUT2D eigenvalue weighted by Crippen LogP contribution is -2.09. The summed E-state index contributed by atoms with van der Waals surface area (Å²) in [5, 5.41) is 12.3. The predicted molar refractivity (Wildman–Crippen MR) is 95.9 cm³/mol. The Hall–Kier alpha value is -2.41. The molecule has 3 rings (SSSR count). The van der Waals surface area contributed by atoms with Crippen LogP contribution in [0.4, 0.5) is 0 Å². The van der Waals surface area contributed by atoms with Crippen molar-refractivity contribution in [2.45, 2.75) is 38.4 Å². The van der Waals surface area contributed by atoms with Crippen LogP contribution in [0, 0.1) is 0 Å². The van der Waals surface area contributed by atoms with Gasteiger partial charge in [0.1, 0.15) is 12.3 Å². The third kappa shape index (κ3) is 4.17. The number of thioether (sulfide) groups is 1. The van der Waals surface area contributed by atoms with Crippen molar-refractivity contribution in [1.82, 2.24) is 20.2 Å². The molecule has 0 aliphatic carbocycles. The minimum atomic E-state index is 0.102. The van der Waals surface area contributed by atoms with Crippen molar-refractivity contribution >= 4 is 17.5 Å². The minimum Gasteiger partial charge on any atom is -0.467 e. The zero-order chi connectivity index (χ0) is 17.6. The number of hydrogen-bond acceptors (Lipinski definition) is 6. The van der Waals surface area contributed by atoms with Crippen LogP contribution in [-0.4, -0.2) is 31.7 Å². The van der Waals surface area contributed by atoms with Gasteiger partial charge in [0.15, 0.2) is 5.78 Å². The number of ketones is 1. The second-order valence-electron chi connectivity index (χ2n) is 5.61. The highest BCUT2D eigenvalue weighted by Crippen LogP contribution is 2.20. The molecule has 0 atom stereocenters. The molecule has 0 aliphatic heterocycles. The van der Waals surface area contributed by atoms with Crippen LogP contribution >= 0.6 is 11.8 Å². The van der Waals surface area contributed by atoms with Gasteiger partial charge in [-0.1, -0.05) is 37.7 Å². The van der Waals surface area contributed by atoms with E-state index in [1.807, 2.05) is 18.2 Å². The molecule has 0 saturated heterocycles. The molecule has 1 aromatic carbocycles. The van der Waals surface area contributed by atoms with Crippen LogP contribution in [0.1, 0.15) is 41.1 Å². The fourth-order valence-corrected chi connectivity index (χ4v) is 3.33. The lowest BCUT2D eigenvalue weighted by Gasteiger charge is -2.09.